The number of esters is 1. The molecule has 0 spiro atoms. The number of hydrogen-bond acceptors (Lipinski definition) is 7. The van der Waals surface area contributed by atoms with Gasteiger partial charge in [-0.2, -0.15) is 0 Å². The summed E-state index contributed by atoms with van der Waals surface area (Å²) in [7, 11) is 6.43. The van der Waals surface area contributed by atoms with Crippen molar-refractivity contribution in [3.8, 4) is 17.2 Å². The van der Waals surface area contributed by atoms with Gasteiger partial charge in [-0.25, -0.2) is 4.79 Å². The van der Waals surface area contributed by atoms with Gasteiger partial charge in [-0.05, 0) is 25.6 Å². The van der Waals surface area contributed by atoms with E-state index in [1.165, 1.54) is 21.3 Å². The fraction of sp³-hybridized carbons (Fsp3) is 0.391. The Morgan fingerprint density at radius 2 is 1.50 bits per heavy atom. The number of carbonyl (C=O) groups excluding carboxylic acids is 2. The molecule has 0 aliphatic carbocycles. The zero-order chi connectivity index (χ0) is 21.9. The molecule has 0 saturated carbocycles. The van der Waals surface area contributed by atoms with Crippen LogP contribution < -0.4 is 14.2 Å². The molecule has 7 nitrogen and oxygen atoms in total. The highest BCUT2D eigenvalue weighted by molar-refractivity contribution is 5.96. The summed E-state index contributed by atoms with van der Waals surface area (Å²) < 4.78 is 21.1. The number of hydrogen-bond donors (Lipinski definition) is 0. The van der Waals surface area contributed by atoms with Gasteiger partial charge in [-0.3, -0.25) is 4.79 Å². The first-order chi connectivity index (χ1) is 14.5. The average Bonchev–Trinajstić information content (AvgIpc) is 2.79. The van der Waals surface area contributed by atoms with Crippen LogP contribution >= 0.6 is 0 Å². The minimum Gasteiger partial charge on any atom is -0.493 e. The molecule has 30 heavy (non-hydrogen) atoms. The van der Waals surface area contributed by atoms with Gasteiger partial charge in [0.05, 0.1) is 33.5 Å². The number of nitrogens with zero attached hydrogens (tertiary/aromatic N) is 1. The number of Topliss-reactive ketones (excluding diaryl/α,β-unsaturated/α-hetero) is 1. The first kappa shape index (κ1) is 23.2. The zero-order valence-corrected chi connectivity index (χ0v) is 18.0. The van der Waals surface area contributed by atoms with E-state index in [9.17, 15) is 9.59 Å². The number of carbonyl (C=O) groups is 2. The molecule has 162 valence electrons. The third-order valence-electron chi connectivity index (χ3n) is 4.63. The number of benzene rings is 2. The van der Waals surface area contributed by atoms with Crippen molar-refractivity contribution in [3.63, 3.8) is 0 Å². The molecule has 0 aliphatic heterocycles. The molecule has 0 radical (unpaired) electrons. The Balaban J connectivity index is 1.77. The maximum Gasteiger partial charge on any atom is 0.338 e. The van der Waals surface area contributed by atoms with Gasteiger partial charge in [0.2, 0.25) is 5.75 Å². The molecule has 0 N–H and O–H groups in total. The second kappa shape index (κ2) is 11.8. The monoisotopic (exact) mass is 415 g/mol. The van der Waals surface area contributed by atoms with Crippen LogP contribution in [0, 0.1) is 0 Å². The summed E-state index contributed by atoms with van der Waals surface area (Å²) >= 11 is 0. The van der Waals surface area contributed by atoms with Crippen molar-refractivity contribution in [1.82, 2.24) is 4.90 Å². The standard InChI is InChI=1S/C23H29NO6/c1-24(13-11-19(25)17-9-6-5-7-10-17)12-8-14-30-23(26)18-15-20(27-2)22(29-4)21(16-18)28-3/h5-7,9-10,15-16H,8,11-14H2,1-4H3. The summed E-state index contributed by atoms with van der Waals surface area (Å²) in [4.78, 5) is 26.6. The summed E-state index contributed by atoms with van der Waals surface area (Å²) in [5, 5.41) is 0. The maximum atomic E-state index is 12.4. The first-order valence-electron chi connectivity index (χ1n) is 9.74. The molecule has 0 heterocycles. The highest BCUT2D eigenvalue weighted by Gasteiger charge is 2.18. The van der Waals surface area contributed by atoms with Gasteiger partial charge in [0.25, 0.3) is 0 Å². The minimum atomic E-state index is -0.462. The lowest BCUT2D eigenvalue weighted by atomic mass is 10.1. The van der Waals surface area contributed by atoms with Crippen molar-refractivity contribution in [1.29, 1.82) is 0 Å². The Labute approximate surface area is 177 Å². The Bertz CT molecular complexity index is 812. The molecule has 2 aromatic carbocycles. The number of methoxy groups -OCH3 is 3. The highest BCUT2D eigenvalue weighted by atomic mass is 16.5. The quantitative estimate of drug-likeness (QED) is 0.299. The van der Waals surface area contributed by atoms with E-state index in [2.05, 4.69) is 0 Å². The maximum absolute atomic E-state index is 12.4. The summed E-state index contributed by atoms with van der Waals surface area (Å²) in [6.45, 7) is 1.63. The van der Waals surface area contributed by atoms with Crippen molar-refractivity contribution in [3.05, 3.63) is 53.6 Å². The first-order valence-corrected chi connectivity index (χ1v) is 9.74. The number of ether oxygens (including phenoxy) is 4. The third kappa shape index (κ3) is 6.49. The van der Waals surface area contributed by atoms with Crippen LogP contribution in [0.1, 0.15) is 33.6 Å². The fourth-order valence-electron chi connectivity index (χ4n) is 2.95. The molecule has 0 atom stereocenters. The topological polar surface area (TPSA) is 74.3 Å². The van der Waals surface area contributed by atoms with Crippen LogP contribution in [0.25, 0.3) is 0 Å². The van der Waals surface area contributed by atoms with Gasteiger partial charge < -0.3 is 23.8 Å². The Kier molecular flexibility index (Phi) is 9.15. The Morgan fingerprint density at radius 1 is 0.867 bits per heavy atom. The van der Waals surface area contributed by atoms with Crippen LogP contribution in [-0.2, 0) is 4.74 Å². The van der Waals surface area contributed by atoms with E-state index in [1.807, 2.05) is 42.3 Å². The van der Waals surface area contributed by atoms with E-state index in [-0.39, 0.29) is 12.4 Å². The van der Waals surface area contributed by atoms with Gasteiger partial charge in [-0.15, -0.1) is 0 Å². The molecule has 0 aliphatic rings. The Morgan fingerprint density at radius 3 is 2.07 bits per heavy atom. The third-order valence-corrected chi connectivity index (χ3v) is 4.63. The van der Waals surface area contributed by atoms with Gasteiger partial charge in [0.1, 0.15) is 0 Å². The molecular formula is C23H29NO6. The summed E-state index contributed by atoms with van der Waals surface area (Å²) in [5.41, 5.74) is 1.05. The van der Waals surface area contributed by atoms with Gasteiger partial charge in [-0.1, -0.05) is 30.3 Å². The lowest BCUT2D eigenvalue weighted by molar-refractivity contribution is 0.0490. The van der Waals surface area contributed by atoms with Crippen LogP contribution in [0.2, 0.25) is 0 Å². The van der Waals surface area contributed by atoms with Crippen molar-refractivity contribution in [2.45, 2.75) is 12.8 Å². The lowest BCUT2D eigenvalue weighted by Crippen LogP contribution is -2.24. The summed E-state index contributed by atoms with van der Waals surface area (Å²) in [6.07, 6.45) is 1.11. The van der Waals surface area contributed by atoms with Gasteiger partial charge >= 0.3 is 5.97 Å². The van der Waals surface area contributed by atoms with Gasteiger partial charge in [0.15, 0.2) is 17.3 Å². The second-order valence-corrected chi connectivity index (χ2v) is 6.75. The normalized spacial score (nSPS) is 10.6. The van der Waals surface area contributed by atoms with Crippen LogP contribution in [0.5, 0.6) is 17.2 Å². The molecule has 0 unspecified atom stereocenters. The minimum absolute atomic E-state index is 0.122. The summed E-state index contributed by atoms with van der Waals surface area (Å²) in [6, 6.07) is 12.4. The van der Waals surface area contributed by atoms with Crippen molar-refractivity contribution in [2.24, 2.45) is 0 Å². The molecule has 0 bridgehead atoms. The van der Waals surface area contributed by atoms with E-state index < -0.39 is 5.97 Å². The molecular weight excluding hydrogens is 386 g/mol. The average molecular weight is 415 g/mol. The summed E-state index contributed by atoms with van der Waals surface area (Å²) in [5.74, 6) is 0.869. The molecule has 0 aromatic heterocycles. The van der Waals surface area contributed by atoms with Crippen molar-refractivity contribution < 1.29 is 28.5 Å². The van der Waals surface area contributed by atoms with E-state index in [4.69, 9.17) is 18.9 Å². The zero-order valence-electron chi connectivity index (χ0n) is 18.0. The van der Waals surface area contributed by atoms with E-state index >= 15 is 0 Å². The van der Waals surface area contributed by atoms with Crippen LogP contribution in [-0.4, -0.2) is 64.7 Å². The number of ketones is 1. The van der Waals surface area contributed by atoms with Crippen LogP contribution in [0.4, 0.5) is 0 Å². The Hall–Kier alpha value is -3.06. The molecule has 2 rings (SSSR count). The van der Waals surface area contributed by atoms with Crippen molar-refractivity contribution in [2.75, 3.05) is 48.1 Å². The molecule has 0 saturated heterocycles. The van der Waals surface area contributed by atoms with Gasteiger partial charge in [0, 0.05) is 25.1 Å². The predicted molar refractivity (Wildman–Crippen MR) is 114 cm³/mol. The number of rotatable bonds is 12. The molecule has 0 fully saturated rings. The lowest BCUT2D eigenvalue weighted by Gasteiger charge is -2.16. The SMILES string of the molecule is COc1cc(C(=O)OCCCN(C)CCC(=O)c2ccccc2)cc(OC)c1OC. The molecule has 0 amide bonds. The predicted octanol–water partition coefficient (Wildman–Crippen LogP) is 3.46. The highest BCUT2D eigenvalue weighted by Crippen LogP contribution is 2.38. The van der Waals surface area contributed by atoms with Crippen LogP contribution in [0.3, 0.4) is 0 Å². The van der Waals surface area contributed by atoms with Crippen molar-refractivity contribution >= 4 is 11.8 Å². The van der Waals surface area contributed by atoms with E-state index in [0.29, 0.717) is 48.7 Å². The molecule has 2 aromatic rings. The van der Waals surface area contributed by atoms with E-state index in [0.717, 1.165) is 5.56 Å². The van der Waals surface area contributed by atoms with E-state index in [1.54, 1.807) is 12.1 Å². The molecule has 7 heteroatoms. The smallest absolute Gasteiger partial charge is 0.338 e. The fourth-order valence-corrected chi connectivity index (χ4v) is 2.95. The largest absolute Gasteiger partial charge is 0.493 e. The second-order valence-electron chi connectivity index (χ2n) is 6.75. The van der Waals surface area contributed by atoms with Crippen LogP contribution in [0.15, 0.2) is 42.5 Å².